The number of carboxylic acids is 1. The van der Waals surface area contributed by atoms with Crippen LogP contribution in [0.25, 0.3) is 0 Å². The van der Waals surface area contributed by atoms with Crippen molar-refractivity contribution in [3.63, 3.8) is 0 Å². The van der Waals surface area contributed by atoms with E-state index in [1.165, 1.54) is 0 Å². The van der Waals surface area contributed by atoms with Crippen LogP contribution >= 0.6 is 0 Å². The lowest BCUT2D eigenvalue weighted by Gasteiger charge is -2.09. The van der Waals surface area contributed by atoms with Crippen molar-refractivity contribution >= 4 is 11.8 Å². The first-order valence-corrected chi connectivity index (χ1v) is 8.30. The van der Waals surface area contributed by atoms with Crippen molar-refractivity contribution in [2.45, 2.75) is 77.2 Å². The molecule has 1 atom stereocenters. The van der Waals surface area contributed by atoms with Crippen LogP contribution in [0.4, 0.5) is 0 Å². The number of unbranched alkanes of at least 4 members (excludes halogenated alkanes) is 3. The number of rotatable bonds is 14. The van der Waals surface area contributed by atoms with Gasteiger partial charge in [-0.25, -0.2) is 4.79 Å². The summed E-state index contributed by atoms with van der Waals surface area (Å²) in [6.45, 7) is 2.13. The number of aliphatic hydroxyl groups excluding tert-OH is 1. The van der Waals surface area contributed by atoms with E-state index in [1.807, 2.05) is 12.2 Å². The van der Waals surface area contributed by atoms with E-state index in [0.717, 1.165) is 38.2 Å². The Kier molecular flexibility index (Phi) is 13.6. The van der Waals surface area contributed by atoms with Gasteiger partial charge in [-0.1, -0.05) is 44.4 Å². The number of hydrogen-bond donors (Lipinski definition) is 2. The van der Waals surface area contributed by atoms with Crippen LogP contribution in [0.2, 0.25) is 0 Å². The second-order valence-electron chi connectivity index (χ2n) is 5.55. The summed E-state index contributed by atoms with van der Waals surface area (Å²) in [5, 5.41) is 18.1. The Hall–Kier alpha value is -1.42. The number of carboxylic acid groups (broad SMARTS) is 1. The molecule has 0 spiro atoms. The zero-order chi connectivity index (χ0) is 16.6. The first-order chi connectivity index (χ1) is 10.6. The van der Waals surface area contributed by atoms with Crippen LogP contribution in [-0.2, 0) is 9.59 Å². The van der Waals surface area contributed by atoms with Gasteiger partial charge >= 0.3 is 5.97 Å². The van der Waals surface area contributed by atoms with Crippen LogP contribution in [-0.4, -0.2) is 28.1 Å². The van der Waals surface area contributed by atoms with Gasteiger partial charge < -0.3 is 10.2 Å². The van der Waals surface area contributed by atoms with Crippen molar-refractivity contribution in [1.82, 2.24) is 0 Å². The molecule has 0 bridgehead atoms. The van der Waals surface area contributed by atoms with Gasteiger partial charge in [0.05, 0.1) is 6.10 Å². The van der Waals surface area contributed by atoms with Crippen molar-refractivity contribution < 1.29 is 19.8 Å². The molecule has 2 N–H and O–H groups in total. The van der Waals surface area contributed by atoms with Gasteiger partial charge in [-0.15, -0.1) is 0 Å². The minimum Gasteiger partial charge on any atom is -0.478 e. The maximum absolute atomic E-state index is 11.7. The first kappa shape index (κ1) is 20.6. The molecular weight excluding hydrogens is 280 g/mol. The van der Waals surface area contributed by atoms with E-state index in [2.05, 4.69) is 6.92 Å². The van der Waals surface area contributed by atoms with E-state index in [-0.39, 0.29) is 11.9 Å². The second kappa shape index (κ2) is 14.5. The molecular formula is C18H30O4. The molecule has 0 aromatic carbocycles. The highest BCUT2D eigenvalue weighted by Gasteiger charge is 2.07. The third kappa shape index (κ3) is 15.0. The van der Waals surface area contributed by atoms with Crippen LogP contribution < -0.4 is 0 Å². The summed E-state index contributed by atoms with van der Waals surface area (Å²) in [4.78, 5) is 21.9. The quantitative estimate of drug-likeness (QED) is 0.288. The van der Waals surface area contributed by atoms with Crippen LogP contribution in [0, 0.1) is 0 Å². The second-order valence-corrected chi connectivity index (χ2v) is 5.55. The summed E-state index contributed by atoms with van der Waals surface area (Å²) in [6, 6.07) is 0. The fraction of sp³-hybridized carbons (Fsp3) is 0.667. The minimum atomic E-state index is -0.925. The van der Waals surface area contributed by atoms with Gasteiger partial charge in [-0.3, -0.25) is 4.79 Å². The van der Waals surface area contributed by atoms with Gasteiger partial charge in [0.15, 0.2) is 0 Å². The molecule has 0 rings (SSSR count). The van der Waals surface area contributed by atoms with Gasteiger partial charge in [0.2, 0.25) is 0 Å². The number of aliphatic hydroxyl groups is 1. The third-order valence-electron chi connectivity index (χ3n) is 3.41. The van der Waals surface area contributed by atoms with E-state index in [0.29, 0.717) is 32.1 Å². The van der Waals surface area contributed by atoms with Gasteiger partial charge in [-0.05, 0) is 32.1 Å². The fourth-order valence-corrected chi connectivity index (χ4v) is 2.08. The molecule has 0 aliphatic carbocycles. The largest absolute Gasteiger partial charge is 0.478 e. The predicted molar refractivity (Wildman–Crippen MR) is 88.8 cm³/mol. The Morgan fingerprint density at radius 3 is 2.32 bits per heavy atom. The van der Waals surface area contributed by atoms with Crippen molar-refractivity contribution in [3.05, 3.63) is 24.3 Å². The predicted octanol–water partition coefficient (Wildman–Crippen LogP) is 4.03. The van der Waals surface area contributed by atoms with E-state index < -0.39 is 5.97 Å². The standard InChI is InChI=1S/C18H30O4/c1-2-3-8-11-16(19)14-15-17(20)12-9-6-4-5-7-10-13-18(21)22/h4,6,10,13,16,19H,2-3,5,7-9,11-12,14-15H2,1H3,(H,21,22)/b6-4?,13-10-. The Labute approximate surface area is 133 Å². The van der Waals surface area contributed by atoms with Crippen molar-refractivity contribution in [1.29, 1.82) is 0 Å². The van der Waals surface area contributed by atoms with Gasteiger partial charge in [0.1, 0.15) is 5.78 Å². The number of carbonyl (C=O) groups excluding carboxylic acids is 1. The summed E-state index contributed by atoms with van der Waals surface area (Å²) >= 11 is 0. The summed E-state index contributed by atoms with van der Waals surface area (Å²) in [5.74, 6) is -0.726. The Morgan fingerprint density at radius 1 is 0.955 bits per heavy atom. The summed E-state index contributed by atoms with van der Waals surface area (Å²) in [6.07, 6.45) is 14.2. The number of carbonyl (C=O) groups is 2. The number of hydrogen-bond acceptors (Lipinski definition) is 3. The van der Waals surface area contributed by atoms with Crippen LogP contribution in [0.1, 0.15) is 71.1 Å². The highest BCUT2D eigenvalue weighted by atomic mass is 16.4. The maximum atomic E-state index is 11.7. The SMILES string of the molecule is CCCCCC(O)CCC(=O)CCC=CCC/C=C\C(=O)O. The molecule has 1 unspecified atom stereocenters. The zero-order valence-corrected chi connectivity index (χ0v) is 13.7. The highest BCUT2D eigenvalue weighted by Crippen LogP contribution is 2.10. The minimum absolute atomic E-state index is 0.199. The van der Waals surface area contributed by atoms with Crippen molar-refractivity contribution in [3.8, 4) is 0 Å². The molecule has 4 nitrogen and oxygen atoms in total. The first-order valence-electron chi connectivity index (χ1n) is 8.30. The smallest absolute Gasteiger partial charge is 0.327 e. The highest BCUT2D eigenvalue weighted by molar-refractivity contribution is 5.79. The van der Waals surface area contributed by atoms with Gasteiger partial charge in [-0.2, -0.15) is 0 Å². The number of ketones is 1. The Morgan fingerprint density at radius 2 is 1.64 bits per heavy atom. The Bertz CT molecular complexity index is 358. The van der Waals surface area contributed by atoms with E-state index in [1.54, 1.807) is 6.08 Å². The van der Waals surface area contributed by atoms with E-state index in [9.17, 15) is 14.7 Å². The average molecular weight is 310 g/mol. The molecule has 0 aromatic rings. The summed E-state index contributed by atoms with van der Waals surface area (Å²) < 4.78 is 0. The fourth-order valence-electron chi connectivity index (χ4n) is 2.08. The zero-order valence-electron chi connectivity index (χ0n) is 13.7. The van der Waals surface area contributed by atoms with Gasteiger partial charge in [0.25, 0.3) is 0 Å². The molecule has 22 heavy (non-hydrogen) atoms. The summed E-state index contributed by atoms with van der Waals surface area (Å²) in [5.41, 5.74) is 0. The van der Waals surface area contributed by atoms with E-state index in [4.69, 9.17) is 5.11 Å². The lowest BCUT2D eigenvalue weighted by atomic mass is 10.0. The van der Waals surface area contributed by atoms with Gasteiger partial charge in [0, 0.05) is 18.9 Å². The number of allylic oxidation sites excluding steroid dienone is 3. The third-order valence-corrected chi connectivity index (χ3v) is 3.41. The molecule has 0 radical (unpaired) electrons. The monoisotopic (exact) mass is 310 g/mol. The number of aliphatic carboxylic acids is 1. The average Bonchev–Trinajstić information content (AvgIpc) is 2.47. The maximum Gasteiger partial charge on any atom is 0.327 e. The Balaban J connectivity index is 3.54. The molecule has 0 aliphatic rings. The lowest BCUT2D eigenvalue weighted by Crippen LogP contribution is -2.09. The summed E-state index contributed by atoms with van der Waals surface area (Å²) in [7, 11) is 0. The molecule has 0 fully saturated rings. The lowest BCUT2D eigenvalue weighted by molar-refractivity contribution is -0.131. The normalized spacial score (nSPS) is 13.0. The number of Topliss-reactive ketones (excluding diaryl/α,β-unsaturated/α-hetero) is 1. The van der Waals surface area contributed by atoms with Crippen LogP contribution in [0.15, 0.2) is 24.3 Å². The van der Waals surface area contributed by atoms with Crippen LogP contribution in [0.3, 0.4) is 0 Å². The molecule has 4 heteroatoms. The molecule has 0 saturated carbocycles. The molecule has 0 heterocycles. The van der Waals surface area contributed by atoms with Crippen LogP contribution in [0.5, 0.6) is 0 Å². The van der Waals surface area contributed by atoms with Crippen molar-refractivity contribution in [2.75, 3.05) is 0 Å². The topological polar surface area (TPSA) is 74.6 Å². The van der Waals surface area contributed by atoms with E-state index >= 15 is 0 Å². The molecule has 126 valence electrons. The molecule has 0 aromatic heterocycles. The molecule has 0 saturated heterocycles. The molecule has 0 aliphatic heterocycles. The molecule has 0 amide bonds. The van der Waals surface area contributed by atoms with Crippen molar-refractivity contribution in [2.24, 2.45) is 0 Å².